The van der Waals surface area contributed by atoms with Crippen LogP contribution in [0.15, 0.2) is 48.5 Å². The van der Waals surface area contributed by atoms with E-state index in [1.54, 1.807) is 0 Å². The van der Waals surface area contributed by atoms with E-state index in [2.05, 4.69) is 29.6 Å². The number of aliphatic hydroxyl groups is 1. The van der Waals surface area contributed by atoms with Crippen molar-refractivity contribution < 1.29 is 29.3 Å². The highest BCUT2D eigenvalue weighted by Gasteiger charge is 2.44. The lowest BCUT2D eigenvalue weighted by molar-refractivity contribution is -0.148. The van der Waals surface area contributed by atoms with E-state index in [1.807, 2.05) is 24.3 Å². The molecule has 0 bridgehead atoms. The van der Waals surface area contributed by atoms with E-state index in [4.69, 9.17) is 4.74 Å². The number of fused-ring (bicyclic) bond motifs is 3. The summed E-state index contributed by atoms with van der Waals surface area (Å²) in [4.78, 5) is 38.7. The number of alkyl carbamates (subject to hydrolysis) is 1. The van der Waals surface area contributed by atoms with Gasteiger partial charge in [0.25, 0.3) is 0 Å². The smallest absolute Gasteiger partial charge is 0.407 e. The van der Waals surface area contributed by atoms with E-state index in [0.29, 0.717) is 12.8 Å². The number of amides is 2. The van der Waals surface area contributed by atoms with Crippen LogP contribution in [-0.4, -0.2) is 63.9 Å². The highest BCUT2D eigenvalue weighted by Crippen LogP contribution is 2.44. The maximum atomic E-state index is 13.0. The molecule has 2 aromatic carbocycles. The lowest BCUT2D eigenvalue weighted by atomic mass is 9.92. The van der Waals surface area contributed by atoms with Gasteiger partial charge in [-0.25, -0.2) is 9.59 Å². The minimum absolute atomic E-state index is 0.00315. The first kappa shape index (κ1) is 23.4. The molecule has 2 amide bonds. The summed E-state index contributed by atoms with van der Waals surface area (Å²) in [5.74, 6) is -1.55. The van der Waals surface area contributed by atoms with E-state index in [1.165, 1.54) is 4.90 Å². The zero-order valence-electron chi connectivity index (χ0n) is 19.5. The van der Waals surface area contributed by atoms with Crippen LogP contribution in [-0.2, 0) is 14.3 Å². The van der Waals surface area contributed by atoms with Gasteiger partial charge in [-0.15, -0.1) is 0 Å². The van der Waals surface area contributed by atoms with Crippen molar-refractivity contribution in [3.05, 3.63) is 59.7 Å². The lowest BCUT2D eigenvalue weighted by Gasteiger charge is -2.32. The van der Waals surface area contributed by atoms with Crippen molar-refractivity contribution >= 4 is 18.0 Å². The van der Waals surface area contributed by atoms with Crippen molar-refractivity contribution in [1.29, 1.82) is 0 Å². The number of rotatable bonds is 6. The molecule has 3 N–H and O–H groups in total. The van der Waals surface area contributed by atoms with Gasteiger partial charge < -0.3 is 25.2 Å². The van der Waals surface area contributed by atoms with Gasteiger partial charge in [0.1, 0.15) is 12.6 Å². The highest BCUT2D eigenvalue weighted by molar-refractivity contribution is 5.85. The molecule has 0 unspecified atom stereocenters. The summed E-state index contributed by atoms with van der Waals surface area (Å²) in [6.45, 7) is 0.181. The molecule has 1 saturated heterocycles. The Morgan fingerprint density at radius 3 is 2.20 bits per heavy atom. The molecule has 1 aliphatic heterocycles. The number of carbonyl (C=O) groups excluding carboxylic acids is 2. The van der Waals surface area contributed by atoms with Gasteiger partial charge in [0.05, 0.1) is 18.1 Å². The quantitative estimate of drug-likeness (QED) is 0.587. The van der Waals surface area contributed by atoms with Crippen molar-refractivity contribution in [2.45, 2.75) is 62.1 Å². The van der Waals surface area contributed by atoms with Crippen LogP contribution in [0.1, 0.15) is 55.6 Å². The second kappa shape index (κ2) is 9.34. The van der Waals surface area contributed by atoms with Gasteiger partial charge >= 0.3 is 12.1 Å². The lowest BCUT2D eigenvalue weighted by Crippen LogP contribution is -2.51. The molecule has 3 aliphatic rings. The number of likely N-dealkylation sites (tertiary alicyclic amines) is 1. The normalized spacial score (nSPS) is 22.5. The molecule has 35 heavy (non-hydrogen) atoms. The number of nitrogens with zero attached hydrogens (tertiary/aromatic N) is 1. The molecule has 8 nitrogen and oxygen atoms in total. The fraction of sp³-hybridized carbons (Fsp3) is 0.444. The number of benzene rings is 2. The van der Waals surface area contributed by atoms with E-state index in [-0.39, 0.29) is 37.8 Å². The Hall–Kier alpha value is -3.39. The molecule has 2 aromatic rings. The van der Waals surface area contributed by atoms with Crippen LogP contribution in [0.4, 0.5) is 4.79 Å². The first-order chi connectivity index (χ1) is 16.9. The Bertz CT molecular complexity index is 1100. The number of aliphatic hydroxyl groups excluding tert-OH is 1. The molecule has 0 aromatic heterocycles. The minimum atomic E-state index is -1.13. The topological polar surface area (TPSA) is 116 Å². The van der Waals surface area contributed by atoms with Crippen molar-refractivity contribution in [2.24, 2.45) is 0 Å². The zero-order valence-corrected chi connectivity index (χ0v) is 19.5. The van der Waals surface area contributed by atoms with Crippen LogP contribution < -0.4 is 5.32 Å². The molecule has 0 radical (unpaired) electrons. The van der Waals surface area contributed by atoms with E-state index in [0.717, 1.165) is 35.1 Å². The summed E-state index contributed by atoms with van der Waals surface area (Å²) in [6.07, 6.45) is 1.56. The molecule has 2 aliphatic carbocycles. The minimum Gasteiger partial charge on any atom is -0.480 e. The molecular formula is C27H30N2O6. The third-order valence-corrected chi connectivity index (χ3v) is 7.65. The highest BCUT2D eigenvalue weighted by atomic mass is 16.5. The van der Waals surface area contributed by atoms with Crippen molar-refractivity contribution in [2.75, 3.05) is 13.2 Å². The number of carbonyl (C=O) groups is 3. The predicted octanol–water partition coefficient (Wildman–Crippen LogP) is 3.27. The van der Waals surface area contributed by atoms with Gasteiger partial charge in [-0.1, -0.05) is 61.4 Å². The number of hydrogen-bond acceptors (Lipinski definition) is 5. The molecule has 8 heteroatoms. The number of aliphatic carboxylic acids is 1. The number of hydrogen-bond donors (Lipinski definition) is 3. The largest absolute Gasteiger partial charge is 0.480 e. The van der Waals surface area contributed by atoms with Gasteiger partial charge in [-0.2, -0.15) is 0 Å². The van der Waals surface area contributed by atoms with Crippen molar-refractivity contribution in [1.82, 2.24) is 10.2 Å². The van der Waals surface area contributed by atoms with Gasteiger partial charge in [0, 0.05) is 18.9 Å². The molecular weight excluding hydrogens is 448 g/mol. The van der Waals surface area contributed by atoms with E-state index >= 15 is 0 Å². The SMILES string of the molecule is O=C(NC1(CC(=O)N2C[C@H](O)C[C@H]2C(=O)O)CCCC1)OCC1c2ccccc2-c2ccccc21. The Morgan fingerprint density at radius 1 is 1.00 bits per heavy atom. The summed E-state index contributed by atoms with van der Waals surface area (Å²) in [5.41, 5.74) is 3.78. The Balaban J connectivity index is 1.25. The average molecular weight is 479 g/mol. The first-order valence-electron chi connectivity index (χ1n) is 12.2. The maximum absolute atomic E-state index is 13.0. The van der Waals surface area contributed by atoms with Crippen LogP contribution in [0.3, 0.4) is 0 Å². The van der Waals surface area contributed by atoms with Crippen LogP contribution >= 0.6 is 0 Å². The van der Waals surface area contributed by atoms with Gasteiger partial charge in [-0.05, 0) is 35.1 Å². The van der Waals surface area contributed by atoms with E-state index in [9.17, 15) is 24.6 Å². The standard InChI is InChI=1S/C27H30N2O6/c30-17-13-23(25(32)33)29(15-17)24(31)14-27(11-5-6-12-27)28-26(34)35-16-22-20-9-3-1-7-18(20)19-8-2-4-10-21(19)22/h1-4,7-10,17,22-23,30H,5-6,11-16H2,(H,28,34)(H,32,33)/t17-,23+/m1/s1. The number of β-amino-alcohol motifs (C(OH)–C–C–N with tert-alkyl or cyclic N) is 1. The van der Waals surface area contributed by atoms with E-state index < -0.39 is 29.7 Å². The van der Waals surface area contributed by atoms with Crippen molar-refractivity contribution in [3.8, 4) is 11.1 Å². The molecule has 2 atom stereocenters. The van der Waals surface area contributed by atoms with Crippen LogP contribution in [0.2, 0.25) is 0 Å². The van der Waals surface area contributed by atoms with Crippen LogP contribution in [0, 0.1) is 0 Å². The number of carboxylic acids is 1. The Labute approximate surface area is 203 Å². The Morgan fingerprint density at radius 2 is 1.60 bits per heavy atom. The number of nitrogens with one attached hydrogen (secondary N) is 1. The summed E-state index contributed by atoms with van der Waals surface area (Å²) in [5, 5.41) is 22.3. The van der Waals surface area contributed by atoms with Crippen LogP contribution in [0.5, 0.6) is 0 Å². The summed E-state index contributed by atoms with van der Waals surface area (Å²) in [7, 11) is 0. The fourth-order valence-electron chi connectivity index (χ4n) is 5.96. The predicted molar refractivity (Wildman–Crippen MR) is 128 cm³/mol. The first-order valence-corrected chi connectivity index (χ1v) is 12.2. The molecule has 1 saturated carbocycles. The third kappa shape index (κ3) is 4.50. The molecule has 2 fully saturated rings. The fourth-order valence-corrected chi connectivity index (χ4v) is 5.96. The van der Waals surface area contributed by atoms with Crippen molar-refractivity contribution in [3.63, 3.8) is 0 Å². The van der Waals surface area contributed by atoms with Gasteiger partial charge in [0.15, 0.2) is 0 Å². The molecule has 184 valence electrons. The average Bonchev–Trinajstić information content (AvgIpc) is 3.54. The van der Waals surface area contributed by atoms with Gasteiger partial charge in [0.2, 0.25) is 5.91 Å². The number of ether oxygens (including phenoxy) is 1. The van der Waals surface area contributed by atoms with Gasteiger partial charge in [-0.3, -0.25) is 4.79 Å². The maximum Gasteiger partial charge on any atom is 0.407 e. The molecule has 0 spiro atoms. The zero-order chi connectivity index (χ0) is 24.6. The third-order valence-electron chi connectivity index (χ3n) is 7.65. The second-order valence-electron chi connectivity index (χ2n) is 9.90. The molecule has 5 rings (SSSR count). The summed E-state index contributed by atoms with van der Waals surface area (Å²) in [6, 6.07) is 15.2. The Kier molecular flexibility index (Phi) is 6.23. The summed E-state index contributed by atoms with van der Waals surface area (Å²) < 4.78 is 5.70. The second-order valence-corrected chi connectivity index (χ2v) is 9.90. The summed E-state index contributed by atoms with van der Waals surface area (Å²) >= 11 is 0. The monoisotopic (exact) mass is 478 g/mol. The molecule has 1 heterocycles. The number of carboxylic acid groups (broad SMARTS) is 1. The van der Waals surface area contributed by atoms with Crippen LogP contribution in [0.25, 0.3) is 11.1 Å².